The third-order valence-electron chi connectivity index (χ3n) is 6.34. The van der Waals surface area contributed by atoms with Gasteiger partial charge in [0.15, 0.2) is 0 Å². The van der Waals surface area contributed by atoms with Crippen LogP contribution < -0.4 is 5.32 Å². The van der Waals surface area contributed by atoms with Crippen molar-refractivity contribution in [2.24, 2.45) is 17.6 Å². The van der Waals surface area contributed by atoms with Gasteiger partial charge in [0.05, 0.1) is 17.7 Å². The Hall–Kier alpha value is -3.23. The Bertz CT molecular complexity index is 1040. The Labute approximate surface area is 186 Å². The number of nitrogens with one attached hydrogen (secondary N) is 1. The summed E-state index contributed by atoms with van der Waals surface area (Å²) < 4.78 is 15.5. The van der Waals surface area contributed by atoms with Crippen molar-refractivity contribution in [1.29, 1.82) is 0 Å². The number of piperidine rings is 1. The molecule has 1 N–H and O–H groups in total. The van der Waals surface area contributed by atoms with Crippen LogP contribution in [-0.4, -0.2) is 51.2 Å². The van der Waals surface area contributed by atoms with E-state index < -0.39 is 5.41 Å². The zero-order valence-electron chi connectivity index (χ0n) is 18.4. The molecule has 32 heavy (non-hydrogen) atoms. The molecule has 0 bridgehead atoms. The van der Waals surface area contributed by atoms with E-state index in [1.165, 1.54) is 19.1 Å². The Balaban J connectivity index is 1.49. The van der Waals surface area contributed by atoms with Gasteiger partial charge in [-0.1, -0.05) is 17.3 Å². The summed E-state index contributed by atoms with van der Waals surface area (Å²) in [5.41, 5.74) is 0.555. The van der Waals surface area contributed by atoms with Gasteiger partial charge < -0.3 is 19.6 Å². The number of nitrogens with zero attached hydrogens (tertiary/aromatic N) is 4. The molecule has 1 fully saturated rings. The number of hydrogen-bond donors (Lipinski definition) is 1. The van der Waals surface area contributed by atoms with Crippen molar-refractivity contribution in [3.8, 4) is 0 Å². The summed E-state index contributed by atoms with van der Waals surface area (Å²) in [6.45, 7) is 2.81. The van der Waals surface area contributed by atoms with Gasteiger partial charge in [0.1, 0.15) is 17.7 Å². The zero-order valence-corrected chi connectivity index (χ0v) is 18.4. The molecule has 0 radical (unpaired) electrons. The molecule has 4 rings (SSSR count). The first-order chi connectivity index (χ1) is 15.4. The topological polar surface area (TPSA) is 88.8 Å². The van der Waals surface area contributed by atoms with E-state index in [9.17, 15) is 14.0 Å². The van der Waals surface area contributed by atoms with E-state index >= 15 is 0 Å². The summed E-state index contributed by atoms with van der Waals surface area (Å²) in [7, 11) is 1.88. The first-order valence-electron chi connectivity index (χ1n) is 10.8. The van der Waals surface area contributed by atoms with E-state index in [0.29, 0.717) is 50.2 Å². The lowest BCUT2D eigenvalue weighted by atomic mass is 9.74. The number of aryl methyl sites for hydroxylation is 1. The van der Waals surface area contributed by atoms with E-state index in [0.717, 1.165) is 12.2 Å². The molecule has 9 heteroatoms. The average Bonchev–Trinajstić information content (AvgIpc) is 3.41. The second-order valence-electron chi connectivity index (χ2n) is 8.65. The Morgan fingerprint density at radius 2 is 2.22 bits per heavy atom. The number of benzene rings is 1. The van der Waals surface area contributed by atoms with Crippen LogP contribution in [0.25, 0.3) is 0 Å². The molecule has 3 heterocycles. The molecule has 170 valence electrons. The van der Waals surface area contributed by atoms with Crippen molar-refractivity contribution in [3.63, 3.8) is 0 Å². The fourth-order valence-electron chi connectivity index (χ4n) is 4.57. The number of carbonyl (C=O) groups is 2. The predicted molar refractivity (Wildman–Crippen MR) is 116 cm³/mol. The van der Waals surface area contributed by atoms with Gasteiger partial charge >= 0.3 is 0 Å². The van der Waals surface area contributed by atoms with Crippen molar-refractivity contribution in [3.05, 3.63) is 53.9 Å². The molecular weight excluding hydrogens is 413 g/mol. The number of carbonyl (C=O) groups excluding carboxylic acids is 2. The molecular formula is C23H28FN5O3. The fraction of sp³-hybridized carbons (Fsp3) is 0.478. The molecule has 2 unspecified atom stereocenters. The second kappa shape index (κ2) is 9.10. The lowest BCUT2D eigenvalue weighted by Gasteiger charge is -2.42. The van der Waals surface area contributed by atoms with Gasteiger partial charge in [-0.05, 0) is 25.0 Å². The second-order valence-corrected chi connectivity index (χ2v) is 8.65. The van der Waals surface area contributed by atoms with Crippen LogP contribution in [0.15, 0.2) is 41.8 Å². The third kappa shape index (κ3) is 4.66. The number of hydrogen-bond acceptors (Lipinski definition) is 5. The quantitative estimate of drug-likeness (QED) is 0.746. The Morgan fingerprint density at radius 3 is 2.94 bits per heavy atom. The molecule has 1 saturated heterocycles. The average molecular weight is 442 g/mol. The van der Waals surface area contributed by atoms with Crippen LogP contribution in [0.2, 0.25) is 0 Å². The summed E-state index contributed by atoms with van der Waals surface area (Å²) in [6.07, 6.45) is 5.49. The summed E-state index contributed by atoms with van der Waals surface area (Å²) in [6, 6.07) is 6.24. The first-order valence-corrected chi connectivity index (χ1v) is 10.8. The maximum atomic E-state index is 13.6. The number of halogens is 1. The lowest BCUT2D eigenvalue weighted by molar-refractivity contribution is -0.143. The maximum absolute atomic E-state index is 13.6. The molecule has 2 aromatic rings. The van der Waals surface area contributed by atoms with Crippen LogP contribution >= 0.6 is 0 Å². The third-order valence-corrected chi connectivity index (χ3v) is 6.34. The van der Waals surface area contributed by atoms with Crippen molar-refractivity contribution >= 4 is 17.5 Å². The molecule has 2 amide bonds. The minimum atomic E-state index is -0.785. The maximum Gasteiger partial charge on any atom is 0.228 e. The molecule has 1 aromatic heterocycles. The summed E-state index contributed by atoms with van der Waals surface area (Å²) >= 11 is 0. The smallest absolute Gasteiger partial charge is 0.228 e. The van der Waals surface area contributed by atoms with Gasteiger partial charge in [-0.15, -0.1) is 0 Å². The Morgan fingerprint density at radius 1 is 1.38 bits per heavy atom. The van der Waals surface area contributed by atoms with Gasteiger partial charge in [-0.25, -0.2) is 9.37 Å². The molecule has 2 atom stereocenters. The summed E-state index contributed by atoms with van der Waals surface area (Å²) in [4.78, 5) is 37.2. The molecule has 0 spiro atoms. The monoisotopic (exact) mass is 441 g/mol. The van der Waals surface area contributed by atoms with E-state index in [1.54, 1.807) is 23.2 Å². The summed E-state index contributed by atoms with van der Waals surface area (Å²) in [5, 5.41) is 7.18. The highest BCUT2D eigenvalue weighted by Crippen LogP contribution is 2.38. The largest absolute Gasteiger partial charge is 0.392 e. The SMILES string of the molecule is CC(=O)N1CCCC(CC2CC(c3cccc(F)c3)=NO2)(C(=O)NCc2nccn2C)C1. The van der Waals surface area contributed by atoms with Gasteiger partial charge in [0, 0.05) is 57.9 Å². The van der Waals surface area contributed by atoms with Crippen LogP contribution in [0.1, 0.15) is 44.0 Å². The van der Waals surface area contributed by atoms with Gasteiger partial charge in [0.2, 0.25) is 11.8 Å². The van der Waals surface area contributed by atoms with E-state index in [2.05, 4.69) is 15.5 Å². The minimum absolute atomic E-state index is 0.0463. The number of amides is 2. The minimum Gasteiger partial charge on any atom is -0.392 e. The number of rotatable bonds is 6. The van der Waals surface area contributed by atoms with Gasteiger partial charge in [-0.3, -0.25) is 9.59 Å². The molecule has 2 aliphatic rings. The lowest BCUT2D eigenvalue weighted by Crippen LogP contribution is -2.54. The van der Waals surface area contributed by atoms with Crippen LogP contribution in [-0.2, 0) is 28.0 Å². The number of aromatic nitrogens is 2. The van der Waals surface area contributed by atoms with Crippen molar-refractivity contribution in [2.75, 3.05) is 13.1 Å². The molecule has 2 aliphatic heterocycles. The first kappa shape index (κ1) is 22.0. The predicted octanol–water partition coefficient (Wildman–Crippen LogP) is 2.39. The molecule has 0 saturated carbocycles. The number of likely N-dealkylation sites (tertiary alicyclic amines) is 1. The van der Waals surface area contributed by atoms with Crippen LogP contribution in [0.4, 0.5) is 4.39 Å². The zero-order chi connectivity index (χ0) is 22.7. The van der Waals surface area contributed by atoms with Crippen LogP contribution in [0.5, 0.6) is 0 Å². The van der Waals surface area contributed by atoms with Crippen LogP contribution in [0, 0.1) is 11.2 Å². The van der Waals surface area contributed by atoms with Gasteiger partial charge in [-0.2, -0.15) is 0 Å². The standard InChI is InChI=1S/C23H28FN5O3/c1-16(30)29-9-4-7-23(15-29,22(31)26-14-21-25-8-10-28(21)2)13-19-12-20(27-32-19)17-5-3-6-18(24)11-17/h3,5-6,8,10-11,19H,4,7,9,12-15H2,1-2H3,(H,26,31). The van der Waals surface area contributed by atoms with E-state index in [-0.39, 0.29) is 23.7 Å². The van der Waals surface area contributed by atoms with E-state index in [4.69, 9.17) is 4.84 Å². The van der Waals surface area contributed by atoms with Crippen LogP contribution in [0.3, 0.4) is 0 Å². The fourth-order valence-corrected chi connectivity index (χ4v) is 4.57. The van der Waals surface area contributed by atoms with Crippen molar-refractivity contribution in [2.45, 2.75) is 45.3 Å². The number of imidazole rings is 1. The van der Waals surface area contributed by atoms with Gasteiger partial charge in [0.25, 0.3) is 0 Å². The number of oxime groups is 1. The normalized spacial score (nSPS) is 22.9. The summed E-state index contributed by atoms with van der Waals surface area (Å²) in [5.74, 6) is 0.258. The molecule has 1 aromatic carbocycles. The Kier molecular flexibility index (Phi) is 6.25. The molecule has 0 aliphatic carbocycles. The van der Waals surface area contributed by atoms with Crippen molar-refractivity contribution < 1.29 is 18.8 Å². The van der Waals surface area contributed by atoms with Crippen molar-refractivity contribution in [1.82, 2.24) is 19.8 Å². The highest BCUT2D eigenvalue weighted by molar-refractivity contribution is 6.01. The van der Waals surface area contributed by atoms with E-state index in [1.807, 2.05) is 17.8 Å². The highest BCUT2D eigenvalue weighted by Gasteiger charge is 2.46. The molecule has 8 nitrogen and oxygen atoms in total. The highest BCUT2D eigenvalue weighted by atomic mass is 19.1.